The van der Waals surface area contributed by atoms with Crippen LogP contribution in [0.1, 0.15) is 28.6 Å². The highest BCUT2D eigenvalue weighted by Gasteiger charge is 2.10. The fourth-order valence-corrected chi connectivity index (χ4v) is 4.02. The van der Waals surface area contributed by atoms with E-state index in [0.717, 1.165) is 47.6 Å². The summed E-state index contributed by atoms with van der Waals surface area (Å²) in [6.07, 6.45) is 0.737. The normalized spacial score (nSPS) is 10.9. The molecule has 136 valence electrons. The number of aromatic nitrogens is 1. The Balaban J connectivity index is 1.70. The Labute approximate surface area is 157 Å². The standard InChI is InChI=1S/C21H24N2O2S/c1-4-15-11-18(14(2)23-21(15)24)20-10-9-17(26-20)13-22-12-16-7-5-6-8-19(16)25-3/h5-11,22H,4,12-13H2,1-3H3,(H,23,24). The van der Waals surface area contributed by atoms with E-state index in [1.165, 1.54) is 9.75 Å². The van der Waals surface area contributed by atoms with E-state index in [1.54, 1.807) is 18.4 Å². The van der Waals surface area contributed by atoms with Crippen LogP contribution < -0.4 is 15.6 Å². The van der Waals surface area contributed by atoms with E-state index >= 15 is 0 Å². The van der Waals surface area contributed by atoms with E-state index in [4.69, 9.17) is 4.74 Å². The van der Waals surface area contributed by atoms with Crippen LogP contribution in [0.15, 0.2) is 47.3 Å². The number of para-hydroxylation sites is 1. The number of pyridine rings is 1. The third-order valence-corrected chi connectivity index (χ3v) is 5.55. The van der Waals surface area contributed by atoms with Gasteiger partial charge in [-0.05, 0) is 37.6 Å². The third-order valence-electron chi connectivity index (χ3n) is 4.43. The summed E-state index contributed by atoms with van der Waals surface area (Å²) in [5, 5.41) is 3.48. The molecule has 0 aliphatic rings. The van der Waals surface area contributed by atoms with Crippen molar-refractivity contribution in [3.05, 3.63) is 74.5 Å². The van der Waals surface area contributed by atoms with Crippen LogP contribution in [-0.4, -0.2) is 12.1 Å². The van der Waals surface area contributed by atoms with Gasteiger partial charge < -0.3 is 15.0 Å². The average molecular weight is 369 g/mol. The Kier molecular flexibility index (Phi) is 5.91. The summed E-state index contributed by atoms with van der Waals surface area (Å²) in [6.45, 7) is 5.52. The second-order valence-corrected chi connectivity index (χ2v) is 7.37. The van der Waals surface area contributed by atoms with Crippen LogP contribution in [0.3, 0.4) is 0 Å². The van der Waals surface area contributed by atoms with Gasteiger partial charge in [-0.25, -0.2) is 0 Å². The van der Waals surface area contributed by atoms with Crippen LogP contribution in [-0.2, 0) is 19.5 Å². The molecule has 0 saturated heterocycles. The molecule has 2 aromatic heterocycles. The maximum atomic E-state index is 11.9. The summed E-state index contributed by atoms with van der Waals surface area (Å²) in [4.78, 5) is 17.3. The van der Waals surface area contributed by atoms with Crippen LogP contribution in [0, 0.1) is 6.92 Å². The van der Waals surface area contributed by atoms with Crippen LogP contribution in [0.4, 0.5) is 0 Å². The zero-order valence-corrected chi connectivity index (χ0v) is 16.2. The minimum Gasteiger partial charge on any atom is -0.496 e. The zero-order chi connectivity index (χ0) is 18.5. The lowest BCUT2D eigenvalue weighted by molar-refractivity contribution is 0.407. The first-order valence-corrected chi connectivity index (χ1v) is 9.58. The predicted molar refractivity (Wildman–Crippen MR) is 108 cm³/mol. The number of thiophene rings is 1. The number of methoxy groups -OCH3 is 1. The maximum absolute atomic E-state index is 11.9. The molecule has 0 bridgehead atoms. The molecular weight excluding hydrogens is 344 g/mol. The van der Waals surface area contributed by atoms with Gasteiger partial charge in [0, 0.05) is 45.2 Å². The molecule has 4 nitrogen and oxygen atoms in total. The number of hydrogen-bond donors (Lipinski definition) is 2. The molecule has 0 fully saturated rings. The fraction of sp³-hybridized carbons (Fsp3) is 0.286. The average Bonchev–Trinajstić information content (AvgIpc) is 3.11. The molecular formula is C21H24N2O2S. The first-order valence-electron chi connectivity index (χ1n) is 8.77. The first kappa shape index (κ1) is 18.4. The second kappa shape index (κ2) is 8.34. The molecule has 3 rings (SSSR count). The van der Waals surface area contributed by atoms with E-state index in [2.05, 4.69) is 28.5 Å². The van der Waals surface area contributed by atoms with Crippen molar-refractivity contribution in [3.63, 3.8) is 0 Å². The number of H-pyrrole nitrogens is 1. The van der Waals surface area contributed by atoms with Gasteiger partial charge in [0.05, 0.1) is 7.11 Å². The smallest absolute Gasteiger partial charge is 0.251 e. The van der Waals surface area contributed by atoms with Gasteiger partial charge in [-0.3, -0.25) is 4.79 Å². The Morgan fingerprint density at radius 3 is 2.69 bits per heavy atom. The Morgan fingerprint density at radius 1 is 1.12 bits per heavy atom. The van der Waals surface area contributed by atoms with E-state index < -0.39 is 0 Å². The van der Waals surface area contributed by atoms with Crippen molar-refractivity contribution in [1.29, 1.82) is 0 Å². The molecule has 0 atom stereocenters. The van der Waals surface area contributed by atoms with Gasteiger partial charge >= 0.3 is 0 Å². The predicted octanol–water partition coefficient (Wildman–Crippen LogP) is 4.27. The lowest BCUT2D eigenvalue weighted by Gasteiger charge is -2.08. The Morgan fingerprint density at radius 2 is 1.92 bits per heavy atom. The molecule has 0 amide bonds. The van der Waals surface area contributed by atoms with Crippen molar-refractivity contribution < 1.29 is 4.74 Å². The molecule has 0 unspecified atom stereocenters. The largest absolute Gasteiger partial charge is 0.496 e. The molecule has 0 aliphatic carbocycles. The number of nitrogens with one attached hydrogen (secondary N) is 2. The molecule has 0 spiro atoms. The van der Waals surface area contributed by atoms with E-state index in [1.807, 2.05) is 38.1 Å². The van der Waals surface area contributed by atoms with Gasteiger partial charge in [-0.15, -0.1) is 11.3 Å². The minimum absolute atomic E-state index is 0.0176. The quantitative estimate of drug-likeness (QED) is 0.655. The van der Waals surface area contributed by atoms with Crippen molar-refractivity contribution in [2.75, 3.05) is 7.11 Å². The maximum Gasteiger partial charge on any atom is 0.251 e. The van der Waals surface area contributed by atoms with Crippen LogP contribution in [0.2, 0.25) is 0 Å². The summed E-state index contributed by atoms with van der Waals surface area (Å²) in [6, 6.07) is 14.3. The van der Waals surface area contributed by atoms with E-state index in [-0.39, 0.29) is 5.56 Å². The third kappa shape index (κ3) is 4.06. The number of rotatable bonds is 7. The molecule has 0 aliphatic heterocycles. The van der Waals surface area contributed by atoms with Crippen molar-refractivity contribution in [1.82, 2.24) is 10.3 Å². The molecule has 2 heterocycles. The monoisotopic (exact) mass is 368 g/mol. The van der Waals surface area contributed by atoms with Gasteiger partial charge in [0.2, 0.25) is 0 Å². The summed E-state index contributed by atoms with van der Waals surface area (Å²) in [7, 11) is 1.70. The summed E-state index contributed by atoms with van der Waals surface area (Å²) in [5.74, 6) is 0.905. The van der Waals surface area contributed by atoms with Crippen LogP contribution in [0.25, 0.3) is 10.4 Å². The molecule has 0 saturated carbocycles. The topological polar surface area (TPSA) is 54.1 Å². The zero-order valence-electron chi connectivity index (χ0n) is 15.4. The fourth-order valence-electron chi connectivity index (χ4n) is 2.97. The van der Waals surface area contributed by atoms with Crippen molar-refractivity contribution >= 4 is 11.3 Å². The molecule has 26 heavy (non-hydrogen) atoms. The van der Waals surface area contributed by atoms with Crippen LogP contribution >= 0.6 is 11.3 Å². The number of aromatic amines is 1. The SMILES string of the molecule is CCc1cc(-c2ccc(CNCc3ccccc3OC)s2)c(C)[nH]c1=O. The Bertz CT molecular complexity index is 943. The van der Waals surface area contributed by atoms with Crippen molar-refractivity contribution in [2.45, 2.75) is 33.4 Å². The summed E-state index contributed by atoms with van der Waals surface area (Å²) >= 11 is 1.75. The molecule has 3 aromatic rings. The van der Waals surface area contributed by atoms with Gasteiger partial charge in [0.1, 0.15) is 5.75 Å². The minimum atomic E-state index is 0.0176. The molecule has 2 N–H and O–H groups in total. The molecule has 5 heteroatoms. The number of benzene rings is 1. The second-order valence-electron chi connectivity index (χ2n) is 6.20. The van der Waals surface area contributed by atoms with Gasteiger partial charge in [0.15, 0.2) is 0 Å². The lowest BCUT2D eigenvalue weighted by atomic mass is 10.1. The Hall–Kier alpha value is -2.37. The molecule has 0 radical (unpaired) electrons. The van der Waals surface area contributed by atoms with Crippen LogP contribution in [0.5, 0.6) is 5.75 Å². The molecule has 1 aromatic carbocycles. The van der Waals surface area contributed by atoms with Crippen molar-refractivity contribution in [3.8, 4) is 16.2 Å². The van der Waals surface area contributed by atoms with E-state index in [9.17, 15) is 4.79 Å². The number of aryl methyl sites for hydroxylation is 2. The number of hydrogen-bond acceptors (Lipinski definition) is 4. The highest BCUT2D eigenvalue weighted by atomic mass is 32.1. The van der Waals surface area contributed by atoms with Gasteiger partial charge in [0.25, 0.3) is 5.56 Å². The van der Waals surface area contributed by atoms with Gasteiger partial charge in [-0.1, -0.05) is 25.1 Å². The van der Waals surface area contributed by atoms with Crippen molar-refractivity contribution in [2.24, 2.45) is 0 Å². The first-order chi connectivity index (χ1) is 12.6. The summed E-state index contributed by atoms with van der Waals surface area (Å²) in [5.41, 5.74) is 4.03. The highest BCUT2D eigenvalue weighted by molar-refractivity contribution is 7.15. The van der Waals surface area contributed by atoms with Gasteiger partial charge in [-0.2, -0.15) is 0 Å². The highest BCUT2D eigenvalue weighted by Crippen LogP contribution is 2.30. The number of ether oxygens (including phenoxy) is 1. The van der Waals surface area contributed by atoms with E-state index in [0.29, 0.717) is 0 Å². The summed E-state index contributed by atoms with van der Waals surface area (Å²) < 4.78 is 5.39. The lowest BCUT2D eigenvalue weighted by Crippen LogP contribution is -2.13.